The molecule has 0 spiro atoms. The minimum atomic E-state index is 0.262. The number of furan rings is 1. The fourth-order valence-electron chi connectivity index (χ4n) is 2.44. The van der Waals surface area contributed by atoms with E-state index in [1.165, 1.54) is 0 Å². The first-order chi connectivity index (χ1) is 11.3. The fourth-order valence-corrected chi connectivity index (χ4v) is 2.44. The van der Waals surface area contributed by atoms with Gasteiger partial charge in [-0.3, -0.25) is 9.89 Å². The number of carbonyl (C=O) groups excluding carboxylic acids is 1. The summed E-state index contributed by atoms with van der Waals surface area (Å²) in [5, 5.41) is 7.87. The third kappa shape index (κ3) is 2.50. The van der Waals surface area contributed by atoms with Crippen molar-refractivity contribution in [3.8, 4) is 11.5 Å². The van der Waals surface area contributed by atoms with E-state index in [4.69, 9.17) is 4.42 Å². The van der Waals surface area contributed by atoms with Crippen LogP contribution in [0.5, 0.6) is 0 Å². The highest BCUT2D eigenvalue weighted by molar-refractivity contribution is 5.89. The van der Waals surface area contributed by atoms with E-state index in [1.807, 2.05) is 30.3 Å². The van der Waals surface area contributed by atoms with Crippen LogP contribution in [0.2, 0.25) is 0 Å². The molecule has 0 fully saturated rings. The van der Waals surface area contributed by atoms with Crippen molar-refractivity contribution in [3.05, 3.63) is 65.8 Å². The first-order valence-electron chi connectivity index (χ1n) is 7.13. The second kappa shape index (κ2) is 5.49. The van der Waals surface area contributed by atoms with Gasteiger partial charge in [-0.05, 0) is 17.7 Å². The Hall–Kier alpha value is -3.28. The highest BCUT2D eigenvalue weighted by Crippen LogP contribution is 2.26. The second-order valence-corrected chi connectivity index (χ2v) is 5.10. The van der Waals surface area contributed by atoms with Crippen molar-refractivity contribution < 1.29 is 9.21 Å². The van der Waals surface area contributed by atoms with Crippen LogP contribution in [0, 0.1) is 0 Å². The lowest BCUT2D eigenvalue weighted by atomic mass is 10.1. The van der Waals surface area contributed by atoms with Gasteiger partial charge in [0.05, 0.1) is 5.39 Å². The molecule has 1 N–H and O–H groups in total. The normalized spacial score (nSPS) is 11.0. The number of fused-ring (bicyclic) bond motifs is 1. The van der Waals surface area contributed by atoms with Gasteiger partial charge in [-0.2, -0.15) is 5.10 Å². The van der Waals surface area contributed by atoms with Gasteiger partial charge in [0.1, 0.15) is 11.5 Å². The monoisotopic (exact) mass is 304 g/mol. The molecule has 3 heterocycles. The fraction of sp³-hybridized carbons (Fsp3) is 0.0588. The zero-order valence-electron chi connectivity index (χ0n) is 12.1. The highest BCUT2D eigenvalue weighted by atomic mass is 16.3. The van der Waals surface area contributed by atoms with Crippen LogP contribution in [0.3, 0.4) is 0 Å². The quantitative estimate of drug-likeness (QED) is 0.586. The SMILES string of the molecule is O=Cc1ccc(-c2n[nH]c3nc(Cc4ccccc4)ncc23)o1. The van der Waals surface area contributed by atoms with Gasteiger partial charge < -0.3 is 4.42 Å². The van der Waals surface area contributed by atoms with E-state index in [2.05, 4.69) is 20.2 Å². The summed E-state index contributed by atoms with van der Waals surface area (Å²) in [7, 11) is 0. The Morgan fingerprint density at radius 2 is 2.00 bits per heavy atom. The molecule has 0 bridgehead atoms. The minimum absolute atomic E-state index is 0.262. The number of aldehydes is 1. The van der Waals surface area contributed by atoms with Crippen molar-refractivity contribution in [2.24, 2.45) is 0 Å². The van der Waals surface area contributed by atoms with Gasteiger partial charge in [-0.25, -0.2) is 9.97 Å². The number of hydrogen-bond donors (Lipinski definition) is 1. The molecular formula is C17H12N4O2. The van der Waals surface area contributed by atoms with Gasteiger partial charge in [-0.15, -0.1) is 0 Å². The number of aromatic amines is 1. The van der Waals surface area contributed by atoms with Gasteiger partial charge in [0, 0.05) is 12.6 Å². The lowest BCUT2D eigenvalue weighted by molar-refractivity contribution is 0.110. The number of rotatable bonds is 4. The van der Waals surface area contributed by atoms with Gasteiger partial charge in [0.25, 0.3) is 0 Å². The molecule has 112 valence electrons. The van der Waals surface area contributed by atoms with Crippen LogP contribution < -0.4 is 0 Å². The molecule has 0 aliphatic rings. The zero-order valence-corrected chi connectivity index (χ0v) is 12.1. The van der Waals surface area contributed by atoms with Crippen molar-refractivity contribution in [3.63, 3.8) is 0 Å². The molecule has 0 atom stereocenters. The Bertz CT molecular complexity index is 973. The summed E-state index contributed by atoms with van der Waals surface area (Å²) in [4.78, 5) is 19.6. The summed E-state index contributed by atoms with van der Waals surface area (Å²) in [5.41, 5.74) is 2.39. The molecule has 6 nitrogen and oxygen atoms in total. The van der Waals surface area contributed by atoms with Crippen LogP contribution in [-0.4, -0.2) is 26.5 Å². The van der Waals surface area contributed by atoms with Crippen molar-refractivity contribution in [1.82, 2.24) is 20.2 Å². The van der Waals surface area contributed by atoms with E-state index < -0.39 is 0 Å². The van der Waals surface area contributed by atoms with Crippen LogP contribution in [0.15, 0.2) is 53.1 Å². The molecule has 4 rings (SSSR count). The molecular weight excluding hydrogens is 292 g/mol. The van der Waals surface area contributed by atoms with E-state index in [1.54, 1.807) is 18.3 Å². The summed E-state index contributed by atoms with van der Waals surface area (Å²) in [6, 6.07) is 13.3. The molecule has 0 aliphatic heterocycles. The topological polar surface area (TPSA) is 84.7 Å². The lowest BCUT2D eigenvalue weighted by Crippen LogP contribution is -1.96. The number of nitrogens with one attached hydrogen (secondary N) is 1. The first-order valence-corrected chi connectivity index (χ1v) is 7.13. The Labute approximate surface area is 131 Å². The average Bonchev–Trinajstić information content (AvgIpc) is 3.21. The summed E-state index contributed by atoms with van der Waals surface area (Å²) >= 11 is 0. The number of H-pyrrole nitrogens is 1. The molecule has 3 aromatic heterocycles. The molecule has 0 unspecified atom stereocenters. The van der Waals surface area contributed by atoms with Crippen LogP contribution in [0.1, 0.15) is 21.9 Å². The molecule has 4 aromatic rings. The van der Waals surface area contributed by atoms with E-state index in [0.29, 0.717) is 35.6 Å². The number of aromatic nitrogens is 4. The molecule has 0 aliphatic carbocycles. The zero-order chi connectivity index (χ0) is 15.6. The summed E-state index contributed by atoms with van der Waals surface area (Å²) in [6.07, 6.45) is 3.04. The Morgan fingerprint density at radius 3 is 2.78 bits per heavy atom. The molecule has 1 aromatic carbocycles. The molecule has 0 radical (unpaired) electrons. The second-order valence-electron chi connectivity index (χ2n) is 5.10. The van der Waals surface area contributed by atoms with Crippen molar-refractivity contribution in [2.75, 3.05) is 0 Å². The maximum absolute atomic E-state index is 10.7. The van der Waals surface area contributed by atoms with Crippen molar-refractivity contribution in [2.45, 2.75) is 6.42 Å². The molecule has 23 heavy (non-hydrogen) atoms. The predicted molar refractivity (Wildman–Crippen MR) is 84.0 cm³/mol. The number of nitrogens with zero attached hydrogens (tertiary/aromatic N) is 3. The van der Waals surface area contributed by atoms with Crippen molar-refractivity contribution in [1.29, 1.82) is 0 Å². The van der Waals surface area contributed by atoms with E-state index in [0.717, 1.165) is 10.9 Å². The standard InChI is InChI=1S/C17H12N4O2/c22-10-12-6-7-14(23-12)16-13-9-18-15(19-17(13)21-20-16)8-11-4-2-1-3-5-11/h1-7,9-10H,8H2,(H,18,19,20,21). The van der Waals surface area contributed by atoms with Crippen molar-refractivity contribution >= 4 is 17.3 Å². The predicted octanol–water partition coefficient (Wildman–Crippen LogP) is 3.02. The minimum Gasteiger partial charge on any atom is -0.452 e. The Balaban J connectivity index is 1.70. The number of hydrogen-bond acceptors (Lipinski definition) is 5. The van der Waals surface area contributed by atoms with Gasteiger partial charge in [-0.1, -0.05) is 30.3 Å². The van der Waals surface area contributed by atoms with Gasteiger partial charge in [0.15, 0.2) is 23.5 Å². The number of carbonyl (C=O) groups is 1. The average molecular weight is 304 g/mol. The summed E-state index contributed by atoms with van der Waals surface area (Å²) in [6.45, 7) is 0. The van der Waals surface area contributed by atoms with Crippen LogP contribution in [0.25, 0.3) is 22.5 Å². The van der Waals surface area contributed by atoms with Gasteiger partial charge >= 0.3 is 0 Å². The largest absolute Gasteiger partial charge is 0.452 e. The molecule has 0 saturated carbocycles. The van der Waals surface area contributed by atoms with Crippen LogP contribution >= 0.6 is 0 Å². The smallest absolute Gasteiger partial charge is 0.185 e. The Morgan fingerprint density at radius 1 is 1.13 bits per heavy atom. The summed E-state index contributed by atoms with van der Waals surface area (Å²) in [5.74, 6) is 1.49. The van der Waals surface area contributed by atoms with Crippen LogP contribution in [0.4, 0.5) is 0 Å². The highest BCUT2D eigenvalue weighted by Gasteiger charge is 2.14. The summed E-state index contributed by atoms with van der Waals surface area (Å²) < 4.78 is 5.41. The number of benzene rings is 1. The third-order valence-corrected chi connectivity index (χ3v) is 3.55. The lowest BCUT2D eigenvalue weighted by Gasteiger charge is -2.00. The van der Waals surface area contributed by atoms with E-state index in [9.17, 15) is 4.79 Å². The van der Waals surface area contributed by atoms with E-state index in [-0.39, 0.29) is 5.76 Å². The third-order valence-electron chi connectivity index (χ3n) is 3.55. The molecule has 0 saturated heterocycles. The Kier molecular flexibility index (Phi) is 3.20. The maximum atomic E-state index is 10.7. The maximum Gasteiger partial charge on any atom is 0.185 e. The van der Waals surface area contributed by atoms with Crippen LogP contribution in [-0.2, 0) is 6.42 Å². The van der Waals surface area contributed by atoms with Gasteiger partial charge in [0.2, 0.25) is 0 Å². The molecule has 6 heteroatoms. The molecule has 0 amide bonds. The first kappa shape index (κ1) is 13.4. The van der Waals surface area contributed by atoms with E-state index >= 15 is 0 Å².